The Morgan fingerprint density at radius 3 is 2.66 bits per heavy atom. The molecule has 198 valence electrons. The lowest BCUT2D eigenvalue weighted by Crippen LogP contribution is -2.44. The molecule has 0 aliphatic carbocycles. The third kappa shape index (κ3) is 7.10. The van der Waals surface area contributed by atoms with Gasteiger partial charge in [0.25, 0.3) is 0 Å². The fourth-order valence-corrected chi connectivity index (χ4v) is 8.00. The Morgan fingerprint density at radius 1 is 1.13 bits per heavy atom. The van der Waals surface area contributed by atoms with Crippen molar-refractivity contribution < 1.29 is 4.79 Å². The zero-order valence-electron chi connectivity index (χ0n) is 20.1. The van der Waals surface area contributed by atoms with Crippen molar-refractivity contribution in [1.29, 1.82) is 0 Å². The number of aromatic nitrogens is 2. The molecule has 1 aliphatic heterocycles. The zero-order chi connectivity index (χ0) is 26.6. The first-order valence-electron chi connectivity index (χ1n) is 11.9. The number of likely N-dealkylation sites (tertiary alicyclic amines) is 1. The standard InChI is InChI=1S/C26H24BrCl2N5OS3/c27-24-23(17-3-1-2-16(11-17)21-13-36-25(30)32-21)33-26(38-24)37-14-22(35)31-18-6-8-34(9-7-18)12-15-4-5-19(28)20(29)10-15/h1-5,10-11,13,18H,6-9,12,14H2,(H2,30,32)(H,31,35). The Hall–Kier alpha value is -1.66. The van der Waals surface area contributed by atoms with E-state index in [1.807, 2.05) is 41.8 Å². The maximum absolute atomic E-state index is 12.7. The van der Waals surface area contributed by atoms with E-state index in [9.17, 15) is 4.79 Å². The van der Waals surface area contributed by atoms with Crippen molar-refractivity contribution in [1.82, 2.24) is 20.2 Å². The zero-order valence-corrected chi connectivity index (χ0v) is 25.7. The van der Waals surface area contributed by atoms with Gasteiger partial charge in [-0.1, -0.05) is 70.6 Å². The van der Waals surface area contributed by atoms with E-state index in [0.29, 0.717) is 20.9 Å². The van der Waals surface area contributed by atoms with Crippen LogP contribution in [0.25, 0.3) is 22.5 Å². The summed E-state index contributed by atoms with van der Waals surface area (Å²) >= 11 is 20.2. The molecule has 5 rings (SSSR count). The molecule has 0 radical (unpaired) electrons. The highest BCUT2D eigenvalue weighted by Crippen LogP contribution is 2.38. The van der Waals surface area contributed by atoms with E-state index >= 15 is 0 Å². The number of thioether (sulfide) groups is 1. The first kappa shape index (κ1) is 27.9. The van der Waals surface area contributed by atoms with Crippen molar-refractivity contribution >= 4 is 84.6 Å². The molecule has 12 heteroatoms. The number of anilines is 1. The predicted molar refractivity (Wildman–Crippen MR) is 164 cm³/mol. The number of piperidine rings is 1. The topological polar surface area (TPSA) is 84.1 Å². The van der Waals surface area contributed by atoms with E-state index < -0.39 is 0 Å². The van der Waals surface area contributed by atoms with Crippen LogP contribution >= 0.6 is 73.6 Å². The highest BCUT2D eigenvalue weighted by atomic mass is 79.9. The van der Waals surface area contributed by atoms with Gasteiger partial charge in [-0.15, -0.1) is 11.3 Å². The van der Waals surface area contributed by atoms with Gasteiger partial charge >= 0.3 is 0 Å². The molecule has 2 aromatic heterocycles. The number of thiazole rings is 2. The third-order valence-electron chi connectivity index (χ3n) is 6.19. The van der Waals surface area contributed by atoms with Crippen molar-refractivity contribution in [2.24, 2.45) is 0 Å². The monoisotopic (exact) mass is 667 g/mol. The summed E-state index contributed by atoms with van der Waals surface area (Å²) in [5.41, 5.74) is 10.6. The van der Waals surface area contributed by atoms with Crippen LogP contribution in [0, 0.1) is 0 Å². The van der Waals surface area contributed by atoms with Crippen molar-refractivity contribution in [3.05, 3.63) is 67.2 Å². The summed E-state index contributed by atoms with van der Waals surface area (Å²) in [4.78, 5) is 24.2. The number of nitrogen functional groups attached to an aromatic ring is 1. The first-order chi connectivity index (χ1) is 18.3. The van der Waals surface area contributed by atoms with E-state index in [1.165, 1.54) is 34.4 Å². The second-order valence-corrected chi connectivity index (χ2v) is 14.2. The molecule has 1 fully saturated rings. The van der Waals surface area contributed by atoms with Gasteiger partial charge in [-0.2, -0.15) is 0 Å². The van der Waals surface area contributed by atoms with Crippen LogP contribution in [0.5, 0.6) is 0 Å². The summed E-state index contributed by atoms with van der Waals surface area (Å²) in [7, 11) is 0. The van der Waals surface area contributed by atoms with Gasteiger partial charge in [-0.25, -0.2) is 9.97 Å². The minimum Gasteiger partial charge on any atom is -0.375 e. The molecule has 1 saturated heterocycles. The van der Waals surface area contributed by atoms with Crippen LogP contribution in [0.2, 0.25) is 10.0 Å². The Morgan fingerprint density at radius 2 is 1.92 bits per heavy atom. The van der Waals surface area contributed by atoms with Crippen LogP contribution in [-0.2, 0) is 11.3 Å². The van der Waals surface area contributed by atoms with Crippen LogP contribution in [-0.4, -0.2) is 45.7 Å². The van der Waals surface area contributed by atoms with Gasteiger partial charge < -0.3 is 11.1 Å². The summed E-state index contributed by atoms with van der Waals surface area (Å²) in [5, 5.41) is 6.84. The smallest absolute Gasteiger partial charge is 0.230 e. The summed E-state index contributed by atoms with van der Waals surface area (Å²) in [6.45, 7) is 2.68. The maximum atomic E-state index is 12.7. The molecule has 0 saturated carbocycles. The van der Waals surface area contributed by atoms with E-state index in [0.717, 1.165) is 68.7 Å². The Balaban J connectivity index is 1.11. The number of nitrogens with two attached hydrogens (primary N) is 1. The number of benzene rings is 2. The average molecular weight is 670 g/mol. The van der Waals surface area contributed by atoms with E-state index in [-0.39, 0.29) is 11.9 Å². The number of nitrogens with zero attached hydrogens (tertiary/aromatic N) is 3. The predicted octanol–water partition coefficient (Wildman–Crippen LogP) is 7.46. The van der Waals surface area contributed by atoms with Gasteiger partial charge in [0.1, 0.15) is 0 Å². The maximum Gasteiger partial charge on any atom is 0.230 e. The van der Waals surface area contributed by atoms with Crippen molar-refractivity contribution in [2.75, 3.05) is 24.6 Å². The number of hydrogen-bond donors (Lipinski definition) is 2. The second kappa shape index (κ2) is 12.7. The second-order valence-electron chi connectivity index (χ2n) is 8.91. The third-order valence-corrected chi connectivity index (χ3v) is 10.5. The largest absolute Gasteiger partial charge is 0.375 e. The number of carbonyl (C=O) groups excluding carboxylic acids is 1. The number of nitrogens with one attached hydrogen (secondary N) is 1. The average Bonchev–Trinajstić information content (AvgIpc) is 3.51. The number of hydrogen-bond acceptors (Lipinski definition) is 8. The van der Waals surface area contributed by atoms with Gasteiger partial charge in [-0.3, -0.25) is 9.69 Å². The number of carbonyl (C=O) groups is 1. The number of halogens is 3. The Bertz CT molecular complexity index is 1440. The SMILES string of the molecule is Nc1nc(-c2cccc(-c3nc(SCC(=O)NC4CCN(Cc5ccc(Cl)c(Cl)c5)CC4)sc3Br)c2)cs1. The molecule has 1 amide bonds. The van der Waals surface area contributed by atoms with E-state index in [2.05, 4.69) is 37.2 Å². The van der Waals surface area contributed by atoms with Crippen molar-refractivity contribution in [3.63, 3.8) is 0 Å². The Labute approximate surface area is 252 Å². The molecule has 38 heavy (non-hydrogen) atoms. The normalized spacial score (nSPS) is 14.6. The van der Waals surface area contributed by atoms with Crippen molar-refractivity contribution in [2.45, 2.75) is 29.8 Å². The highest BCUT2D eigenvalue weighted by Gasteiger charge is 2.21. The molecule has 1 aliphatic rings. The lowest BCUT2D eigenvalue weighted by Gasteiger charge is -2.32. The molecule has 2 aromatic carbocycles. The lowest BCUT2D eigenvalue weighted by molar-refractivity contribution is -0.119. The highest BCUT2D eigenvalue weighted by molar-refractivity contribution is 9.11. The van der Waals surface area contributed by atoms with E-state index in [1.54, 1.807) is 0 Å². The molecule has 0 spiro atoms. The number of amides is 1. The Kier molecular flexibility index (Phi) is 9.30. The summed E-state index contributed by atoms with van der Waals surface area (Å²) in [6, 6.07) is 14.0. The van der Waals surface area contributed by atoms with Crippen LogP contribution in [0.15, 0.2) is 56.0 Å². The minimum atomic E-state index is 0.0360. The summed E-state index contributed by atoms with van der Waals surface area (Å²) < 4.78 is 1.78. The molecule has 0 bridgehead atoms. The quantitative estimate of drug-likeness (QED) is 0.190. The minimum absolute atomic E-state index is 0.0360. The van der Waals surface area contributed by atoms with Gasteiger partial charge in [0.2, 0.25) is 5.91 Å². The molecule has 0 unspecified atom stereocenters. The van der Waals surface area contributed by atoms with Gasteiger partial charge in [0.05, 0.1) is 31.0 Å². The molecule has 3 heterocycles. The van der Waals surface area contributed by atoms with Crippen LogP contribution in [0.4, 0.5) is 5.13 Å². The van der Waals surface area contributed by atoms with Gasteiger partial charge in [-0.05, 0) is 52.5 Å². The number of rotatable bonds is 8. The van der Waals surface area contributed by atoms with Crippen LogP contribution < -0.4 is 11.1 Å². The first-order valence-corrected chi connectivity index (χ1v) is 16.1. The molecule has 0 atom stereocenters. The fraction of sp³-hybridized carbons (Fsp3) is 0.269. The lowest BCUT2D eigenvalue weighted by atomic mass is 10.0. The summed E-state index contributed by atoms with van der Waals surface area (Å²) in [6.07, 6.45) is 1.84. The molecular formula is C26H24BrCl2N5OS3. The molecule has 4 aromatic rings. The van der Waals surface area contributed by atoms with Crippen LogP contribution in [0.3, 0.4) is 0 Å². The molecule has 3 N–H and O–H groups in total. The van der Waals surface area contributed by atoms with Gasteiger partial charge in [0, 0.05) is 42.2 Å². The molecular weight excluding hydrogens is 645 g/mol. The summed E-state index contributed by atoms with van der Waals surface area (Å²) in [5.74, 6) is 0.370. The van der Waals surface area contributed by atoms with Crippen molar-refractivity contribution in [3.8, 4) is 22.5 Å². The van der Waals surface area contributed by atoms with Gasteiger partial charge in [0.15, 0.2) is 9.47 Å². The van der Waals surface area contributed by atoms with E-state index in [4.69, 9.17) is 33.9 Å². The van der Waals surface area contributed by atoms with Crippen LogP contribution in [0.1, 0.15) is 18.4 Å². The fourth-order valence-electron chi connectivity index (χ4n) is 4.30. The molecule has 6 nitrogen and oxygen atoms in total.